The number of methoxy groups -OCH3 is 2. The molecule has 1 spiro atoms. The minimum atomic E-state index is -0.807. The summed E-state index contributed by atoms with van der Waals surface area (Å²) in [5.74, 6) is 1.10. The van der Waals surface area contributed by atoms with E-state index in [1.54, 1.807) is 14.2 Å². The van der Waals surface area contributed by atoms with Gasteiger partial charge < -0.3 is 38.6 Å². The molecule has 0 bridgehead atoms. The summed E-state index contributed by atoms with van der Waals surface area (Å²) in [5.41, 5.74) is 2.10. The Kier molecular flexibility index (Phi) is 10.6. The van der Waals surface area contributed by atoms with Crippen molar-refractivity contribution >= 4 is 0 Å². The standard InChI is InChI=1S/C31H44O8/c1-21-17-31(38-27(13-15-32)29(21)36-19-23-5-9-25(34-3)10-6-23)18-22(2)30(28(39-31)14-16-33)37-20-24-7-11-26(35-4)12-8-24/h5-12,21-22,27-30,32-33H,13-20H2,1-4H3. The van der Waals surface area contributed by atoms with Gasteiger partial charge in [-0.15, -0.1) is 0 Å². The van der Waals surface area contributed by atoms with Crippen molar-refractivity contribution in [2.75, 3.05) is 27.4 Å². The average Bonchev–Trinajstić information content (AvgIpc) is 2.93. The Hall–Kier alpha value is -2.20. The van der Waals surface area contributed by atoms with Gasteiger partial charge in [-0.2, -0.15) is 0 Å². The van der Waals surface area contributed by atoms with E-state index in [4.69, 9.17) is 28.4 Å². The molecule has 6 unspecified atom stereocenters. The topological polar surface area (TPSA) is 95.8 Å². The molecule has 8 nitrogen and oxygen atoms in total. The smallest absolute Gasteiger partial charge is 0.169 e. The first-order chi connectivity index (χ1) is 18.9. The zero-order valence-corrected chi connectivity index (χ0v) is 23.6. The summed E-state index contributed by atoms with van der Waals surface area (Å²) < 4.78 is 36.6. The zero-order valence-electron chi connectivity index (χ0n) is 23.6. The molecule has 0 radical (unpaired) electrons. The predicted octanol–water partition coefficient (Wildman–Crippen LogP) is 4.49. The first-order valence-electron chi connectivity index (χ1n) is 14.0. The van der Waals surface area contributed by atoms with Gasteiger partial charge in [-0.05, 0) is 60.1 Å². The van der Waals surface area contributed by atoms with Crippen molar-refractivity contribution in [3.8, 4) is 11.5 Å². The van der Waals surface area contributed by atoms with Gasteiger partial charge in [0.2, 0.25) is 0 Å². The number of ether oxygens (including phenoxy) is 6. The van der Waals surface area contributed by atoms with Crippen LogP contribution in [0.2, 0.25) is 0 Å². The lowest BCUT2D eigenvalue weighted by molar-refractivity contribution is -0.367. The van der Waals surface area contributed by atoms with Crippen molar-refractivity contribution in [2.45, 2.75) is 82.9 Å². The van der Waals surface area contributed by atoms with Crippen LogP contribution in [0.4, 0.5) is 0 Å². The normalized spacial score (nSPS) is 30.8. The fourth-order valence-corrected chi connectivity index (χ4v) is 6.01. The van der Waals surface area contributed by atoms with Crippen LogP contribution in [-0.2, 0) is 32.2 Å². The Morgan fingerprint density at radius 3 is 1.41 bits per heavy atom. The van der Waals surface area contributed by atoms with Gasteiger partial charge in [-0.3, -0.25) is 0 Å². The Morgan fingerprint density at radius 1 is 0.692 bits per heavy atom. The quantitative estimate of drug-likeness (QED) is 0.404. The van der Waals surface area contributed by atoms with Crippen LogP contribution < -0.4 is 9.47 Å². The molecule has 4 rings (SSSR count). The van der Waals surface area contributed by atoms with Gasteiger partial charge in [-0.25, -0.2) is 0 Å². The summed E-state index contributed by atoms with van der Waals surface area (Å²) in [4.78, 5) is 0. The van der Waals surface area contributed by atoms with Gasteiger partial charge in [0.05, 0.1) is 51.8 Å². The van der Waals surface area contributed by atoms with Crippen LogP contribution in [0.1, 0.15) is 50.7 Å². The fourth-order valence-electron chi connectivity index (χ4n) is 6.01. The van der Waals surface area contributed by atoms with Gasteiger partial charge in [0, 0.05) is 26.1 Å². The van der Waals surface area contributed by atoms with Crippen molar-refractivity contribution in [3.63, 3.8) is 0 Å². The molecule has 2 aliphatic rings. The monoisotopic (exact) mass is 544 g/mol. The average molecular weight is 545 g/mol. The molecule has 2 aromatic carbocycles. The summed E-state index contributed by atoms with van der Waals surface area (Å²) in [6, 6.07) is 15.7. The van der Waals surface area contributed by atoms with Crippen molar-refractivity contribution in [3.05, 3.63) is 59.7 Å². The van der Waals surface area contributed by atoms with Crippen LogP contribution in [0.15, 0.2) is 48.5 Å². The molecule has 2 fully saturated rings. The van der Waals surface area contributed by atoms with Gasteiger partial charge in [-0.1, -0.05) is 38.1 Å². The van der Waals surface area contributed by atoms with E-state index >= 15 is 0 Å². The molecule has 216 valence electrons. The zero-order chi connectivity index (χ0) is 27.8. The summed E-state index contributed by atoms with van der Waals surface area (Å²) in [7, 11) is 3.30. The van der Waals surface area contributed by atoms with Gasteiger partial charge in [0.1, 0.15) is 11.5 Å². The molecule has 6 atom stereocenters. The SMILES string of the molecule is COc1ccc(COC2C(C)CC3(CC(C)C(OCc4ccc(OC)cc4)C(CCO)O3)OC2CCO)cc1. The third-order valence-corrected chi connectivity index (χ3v) is 7.88. The van der Waals surface area contributed by atoms with Crippen LogP contribution in [0.5, 0.6) is 11.5 Å². The second kappa shape index (κ2) is 13.9. The van der Waals surface area contributed by atoms with Gasteiger partial charge in [0.15, 0.2) is 5.79 Å². The molecule has 2 N–H and O–H groups in total. The van der Waals surface area contributed by atoms with Gasteiger partial charge in [0.25, 0.3) is 0 Å². The maximum atomic E-state index is 9.84. The molecular weight excluding hydrogens is 500 g/mol. The molecule has 2 aromatic rings. The highest BCUT2D eigenvalue weighted by molar-refractivity contribution is 5.27. The van der Waals surface area contributed by atoms with Gasteiger partial charge >= 0.3 is 0 Å². The van der Waals surface area contributed by atoms with Crippen LogP contribution in [0, 0.1) is 11.8 Å². The molecule has 2 aliphatic heterocycles. The molecule has 0 saturated carbocycles. The molecule has 39 heavy (non-hydrogen) atoms. The van der Waals surface area contributed by atoms with Crippen molar-refractivity contribution in [2.24, 2.45) is 11.8 Å². The lowest BCUT2D eigenvalue weighted by atomic mass is 9.79. The molecule has 0 aromatic heterocycles. The summed E-state index contributed by atoms with van der Waals surface area (Å²) in [6.45, 7) is 5.22. The molecule has 0 amide bonds. The molecule has 0 aliphatic carbocycles. The van der Waals surface area contributed by atoms with E-state index in [1.807, 2.05) is 48.5 Å². The number of hydrogen-bond acceptors (Lipinski definition) is 8. The van der Waals surface area contributed by atoms with Crippen LogP contribution in [0.25, 0.3) is 0 Å². The Morgan fingerprint density at radius 2 is 1.08 bits per heavy atom. The highest BCUT2D eigenvalue weighted by atomic mass is 16.7. The summed E-state index contributed by atoms with van der Waals surface area (Å²) >= 11 is 0. The lowest BCUT2D eigenvalue weighted by Crippen LogP contribution is -2.60. The van der Waals surface area contributed by atoms with Crippen molar-refractivity contribution in [1.29, 1.82) is 0 Å². The second-order valence-corrected chi connectivity index (χ2v) is 10.9. The van der Waals surface area contributed by atoms with Crippen LogP contribution >= 0.6 is 0 Å². The summed E-state index contributed by atoms with van der Waals surface area (Å²) in [6.07, 6.45) is 1.28. The highest BCUT2D eigenvalue weighted by Gasteiger charge is 2.53. The van der Waals surface area contributed by atoms with Crippen LogP contribution in [-0.4, -0.2) is 67.8 Å². The molecule has 2 heterocycles. The largest absolute Gasteiger partial charge is 0.497 e. The third-order valence-electron chi connectivity index (χ3n) is 7.88. The van der Waals surface area contributed by atoms with E-state index in [9.17, 15) is 10.2 Å². The van der Waals surface area contributed by atoms with Crippen LogP contribution in [0.3, 0.4) is 0 Å². The van der Waals surface area contributed by atoms with E-state index < -0.39 is 5.79 Å². The number of benzene rings is 2. The Labute approximate surface area is 232 Å². The highest BCUT2D eigenvalue weighted by Crippen LogP contribution is 2.46. The van der Waals surface area contributed by atoms with Crippen molar-refractivity contribution < 1.29 is 38.6 Å². The van der Waals surface area contributed by atoms with E-state index in [2.05, 4.69) is 13.8 Å². The lowest BCUT2D eigenvalue weighted by Gasteiger charge is -2.53. The maximum Gasteiger partial charge on any atom is 0.169 e. The minimum absolute atomic E-state index is 0.000911. The van der Waals surface area contributed by atoms with E-state index in [1.165, 1.54) is 0 Å². The Balaban J connectivity index is 1.42. The number of rotatable bonds is 12. The minimum Gasteiger partial charge on any atom is -0.497 e. The second-order valence-electron chi connectivity index (χ2n) is 10.9. The number of aliphatic hydroxyl groups excluding tert-OH is 2. The predicted molar refractivity (Wildman–Crippen MR) is 147 cm³/mol. The number of hydrogen-bond donors (Lipinski definition) is 2. The first-order valence-corrected chi connectivity index (χ1v) is 14.0. The van der Waals surface area contributed by atoms with E-state index in [-0.39, 0.29) is 49.5 Å². The Bertz CT molecular complexity index is 913. The fraction of sp³-hybridized carbons (Fsp3) is 0.613. The third kappa shape index (κ3) is 7.51. The maximum absolute atomic E-state index is 9.84. The molecule has 2 saturated heterocycles. The molecule has 8 heteroatoms. The van der Waals surface area contributed by atoms with E-state index in [0.29, 0.717) is 38.9 Å². The first kappa shape index (κ1) is 29.8. The summed E-state index contributed by atoms with van der Waals surface area (Å²) in [5, 5.41) is 19.7. The molecular formula is C31H44O8. The van der Waals surface area contributed by atoms with E-state index in [0.717, 1.165) is 22.6 Å². The number of aliphatic hydroxyl groups is 2. The van der Waals surface area contributed by atoms with Crippen molar-refractivity contribution in [1.82, 2.24) is 0 Å².